The first-order valence-electron chi connectivity index (χ1n) is 8.08. The van der Waals surface area contributed by atoms with Crippen LogP contribution in [0, 0.1) is 17.2 Å². The number of benzene rings is 1. The molecule has 7 heteroatoms. The first kappa shape index (κ1) is 19.1. The lowest BCUT2D eigenvalue weighted by Gasteiger charge is -2.27. The molecule has 0 aromatic heterocycles. The lowest BCUT2D eigenvalue weighted by Crippen LogP contribution is -2.36. The minimum absolute atomic E-state index is 0.128. The molecule has 2 rings (SSSR count). The number of rotatable bonds is 5. The van der Waals surface area contributed by atoms with E-state index in [1.54, 1.807) is 31.7 Å². The third-order valence-corrected chi connectivity index (χ3v) is 3.71. The van der Waals surface area contributed by atoms with Crippen molar-refractivity contribution < 1.29 is 22.7 Å². The van der Waals surface area contributed by atoms with Crippen LogP contribution >= 0.6 is 0 Å². The maximum absolute atomic E-state index is 13.2. The molecule has 0 amide bonds. The molecular weight excluding hydrogens is 333 g/mol. The monoisotopic (exact) mass is 354 g/mol. The minimum atomic E-state index is -4.63. The maximum Gasteiger partial charge on any atom is 0.417 e. The van der Waals surface area contributed by atoms with Crippen LogP contribution in [-0.4, -0.2) is 24.7 Å². The van der Waals surface area contributed by atoms with Gasteiger partial charge in [0, 0.05) is 12.2 Å². The Balaban J connectivity index is 2.28. The second-order valence-electron chi connectivity index (χ2n) is 7.25. The van der Waals surface area contributed by atoms with Crippen LogP contribution in [0.3, 0.4) is 0 Å². The molecule has 0 heterocycles. The summed E-state index contributed by atoms with van der Waals surface area (Å²) in [7, 11) is 0. The molecule has 0 N–H and O–H groups in total. The molecule has 0 bridgehead atoms. The van der Waals surface area contributed by atoms with Crippen molar-refractivity contribution in [2.75, 3.05) is 18.0 Å². The van der Waals surface area contributed by atoms with E-state index < -0.39 is 28.9 Å². The van der Waals surface area contributed by atoms with E-state index in [2.05, 4.69) is 0 Å². The van der Waals surface area contributed by atoms with Gasteiger partial charge < -0.3 is 9.64 Å². The van der Waals surface area contributed by atoms with Crippen molar-refractivity contribution in [1.82, 2.24) is 0 Å². The van der Waals surface area contributed by atoms with Crippen molar-refractivity contribution in [3.63, 3.8) is 0 Å². The molecule has 1 aliphatic carbocycles. The SMILES string of the molecule is CC(C)(C)OC(=O)CN(CC1CC1)c1ccc(C#N)c(C(F)(F)F)c1. The van der Waals surface area contributed by atoms with Gasteiger partial charge in [-0.15, -0.1) is 0 Å². The molecule has 4 nitrogen and oxygen atoms in total. The van der Waals surface area contributed by atoms with Crippen LogP contribution in [-0.2, 0) is 15.7 Å². The number of esters is 1. The predicted octanol–water partition coefficient (Wildman–Crippen LogP) is 4.14. The van der Waals surface area contributed by atoms with Crippen LogP contribution in [0.1, 0.15) is 44.7 Å². The first-order valence-corrected chi connectivity index (χ1v) is 8.08. The first-order chi connectivity index (χ1) is 11.5. The molecule has 1 aromatic rings. The molecule has 0 atom stereocenters. The fourth-order valence-electron chi connectivity index (χ4n) is 2.46. The summed E-state index contributed by atoms with van der Waals surface area (Å²) in [5.41, 5.74) is -1.81. The number of nitriles is 1. The molecular formula is C18H21F3N2O2. The Morgan fingerprint density at radius 3 is 2.44 bits per heavy atom. The number of halogens is 3. The van der Waals surface area contributed by atoms with Crippen LogP contribution in [0.25, 0.3) is 0 Å². The molecule has 1 fully saturated rings. The smallest absolute Gasteiger partial charge is 0.417 e. The van der Waals surface area contributed by atoms with Gasteiger partial charge in [0.1, 0.15) is 12.1 Å². The van der Waals surface area contributed by atoms with Crippen molar-refractivity contribution in [3.8, 4) is 6.07 Å². The normalized spacial score (nSPS) is 14.8. The maximum atomic E-state index is 13.2. The Bertz CT molecular complexity index is 683. The molecule has 0 saturated heterocycles. The summed E-state index contributed by atoms with van der Waals surface area (Å²) >= 11 is 0. The Morgan fingerprint density at radius 1 is 1.32 bits per heavy atom. The Kier molecular flexibility index (Phi) is 5.31. The molecule has 0 unspecified atom stereocenters. The highest BCUT2D eigenvalue weighted by atomic mass is 19.4. The Labute approximate surface area is 145 Å². The highest BCUT2D eigenvalue weighted by molar-refractivity contribution is 5.76. The van der Waals surface area contributed by atoms with E-state index in [1.165, 1.54) is 6.07 Å². The number of carbonyl (C=O) groups is 1. The second-order valence-corrected chi connectivity index (χ2v) is 7.25. The summed E-state index contributed by atoms with van der Waals surface area (Å²) in [6.45, 7) is 5.57. The van der Waals surface area contributed by atoms with Crippen LogP contribution in [0.5, 0.6) is 0 Å². The van der Waals surface area contributed by atoms with Gasteiger partial charge in [-0.3, -0.25) is 4.79 Å². The fraction of sp³-hybridized carbons (Fsp3) is 0.556. The fourth-order valence-corrected chi connectivity index (χ4v) is 2.46. The molecule has 1 saturated carbocycles. The molecule has 136 valence electrons. The van der Waals surface area contributed by atoms with Gasteiger partial charge in [0.2, 0.25) is 0 Å². The van der Waals surface area contributed by atoms with Gasteiger partial charge in [0.15, 0.2) is 0 Å². The van der Waals surface area contributed by atoms with Gasteiger partial charge in [0.05, 0.1) is 17.2 Å². The molecule has 1 aliphatic rings. The van der Waals surface area contributed by atoms with Crippen LogP contribution in [0.2, 0.25) is 0 Å². The number of ether oxygens (including phenoxy) is 1. The molecule has 1 aromatic carbocycles. The van der Waals surface area contributed by atoms with Gasteiger partial charge in [-0.05, 0) is 57.7 Å². The summed E-state index contributed by atoms with van der Waals surface area (Å²) in [6.07, 6.45) is -2.64. The van der Waals surface area contributed by atoms with Gasteiger partial charge in [-0.25, -0.2) is 0 Å². The number of anilines is 1. The number of alkyl halides is 3. The van der Waals surface area contributed by atoms with E-state index in [-0.39, 0.29) is 12.2 Å². The largest absolute Gasteiger partial charge is 0.459 e. The lowest BCUT2D eigenvalue weighted by molar-refractivity contribution is -0.153. The average molecular weight is 354 g/mol. The third-order valence-electron chi connectivity index (χ3n) is 3.71. The second kappa shape index (κ2) is 6.95. The number of hydrogen-bond donors (Lipinski definition) is 0. The topological polar surface area (TPSA) is 53.3 Å². The van der Waals surface area contributed by atoms with Gasteiger partial charge in [-0.2, -0.15) is 18.4 Å². The number of carbonyl (C=O) groups excluding carboxylic acids is 1. The van der Waals surface area contributed by atoms with E-state index in [0.717, 1.165) is 25.0 Å². The van der Waals surface area contributed by atoms with E-state index in [4.69, 9.17) is 10.00 Å². The average Bonchev–Trinajstić information content (AvgIpc) is 3.27. The van der Waals surface area contributed by atoms with E-state index in [9.17, 15) is 18.0 Å². The van der Waals surface area contributed by atoms with Crippen molar-refractivity contribution in [3.05, 3.63) is 29.3 Å². The van der Waals surface area contributed by atoms with Gasteiger partial charge in [-0.1, -0.05) is 0 Å². The van der Waals surface area contributed by atoms with Crippen molar-refractivity contribution >= 4 is 11.7 Å². The Hall–Kier alpha value is -2.23. The summed E-state index contributed by atoms with van der Waals surface area (Å²) in [6, 6.07) is 5.09. The van der Waals surface area contributed by atoms with Crippen molar-refractivity contribution in [2.45, 2.75) is 45.4 Å². The summed E-state index contributed by atoms with van der Waals surface area (Å²) in [4.78, 5) is 13.7. The molecule has 25 heavy (non-hydrogen) atoms. The number of hydrogen-bond acceptors (Lipinski definition) is 4. The molecule has 0 spiro atoms. The standard InChI is InChI=1S/C18H21F3N2O2/c1-17(2,3)25-16(24)11-23(10-12-4-5-12)14-7-6-13(9-22)15(8-14)18(19,20)21/h6-8,12H,4-5,10-11H2,1-3H3. The highest BCUT2D eigenvalue weighted by Crippen LogP contribution is 2.36. The summed E-state index contributed by atoms with van der Waals surface area (Å²) in [5, 5.41) is 8.90. The van der Waals surface area contributed by atoms with Gasteiger partial charge >= 0.3 is 12.1 Å². The van der Waals surface area contributed by atoms with Gasteiger partial charge in [0.25, 0.3) is 0 Å². The third kappa shape index (κ3) is 5.66. The summed E-state index contributed by atoms with van der Waals surface area (Å²) < 4.78 is 44.8. The zero-order valence-electron chi connectivity index (χ0n) is 14.5. The van der Waals surface area contributed by atoms with Crippen molar-refractivity contribution in [2.24, 2.45) is 5.92 Å². The molecule has 0 radical (unpaired) electrons. The zero-order valence-corrected chi connectivity index (χ0v) is 14.5. The number of nitrogens with zero attached hydrogens (tertiary/aromatic N) is 2. The quantitative estimate of drug-likeness (QED) is 0.746. The van der Waals surface area contributed by atoms with E-state index >= 15 is 0 Å². The zero-order chi connectivity index (χ0) is 18.8. The minimum Gasteiger partial charge on any atom is -0.459 e. The van der Waals surface area contributed by atoms with Crippen LogP contribution < -0.4 is 4.90 Å². The lowest BCUT2D eigenvalue weighted by atomic mass is 10.1. The molecule has 0 aliphatic heterocycles. The van der Waals surface area contributed by atoms with Crippen LogP contribution in [0.15, 0.2) is 18.2 Å². The van der Waals surface area contributed by atoms with E-state index in [0.29, 0.717) is 12.5 Å². The predicted molar refractivity (Wildman–Crippen MR) is 86.9 cm³/mol. The van der Waals surface area contributed by atoms with Crippen molar-refractivity contribution in [1.29, 1.82) is 5.26 Å². The summed E-state index contributed by atoms with van der Waals surface area (Å²) in [5.74, 6) is -0.126. The van der Waals surface area contributed by atoms with E-state index in [1.807, 2.05) is 0 Å². The highest BCUT2D eigenvalue weighted by Gasteiger charge is 2.35. The Morgan fingerprint density at radius 2 is 1.96 bits per heavy atom. The van der Waals surface area contributed by atoms with Crippen LogP contribution in [0.4, 0.5) is 18.9 Å².